The highest BCUT2D eigenvalue weighted by Gasteiger charge is 2.43. The first-order chi connectivity index (χ1) is 27.2. The Morgan fingerprint density at radius 3 is 0.586 bits per heavy atom. The van der Waals surface area contributed by atoms with Gasteiger partial charge in [-0.3, -0.25) is 0 Å². The van der Waals surface area contributed by atoms with Crippen LogP contribution in [0.2, 0.25) is 0 Å². The zero-order valence-corrected chi connectivity index (χ0v) is 40.4. The van der Waals surface area contributed by atoms with Crippen molar-refractivity contribution in [3.05, 3.63) is 142 Å². The van der Waals surface area contributed by atoms with Crippen molar-refractivity contribution in [2.24, 2.45) is 0 Å². The number of rotatable bonds is 14. The normalized spacial score (nSPS) is 12.8. The zero-order chi connectivity index (χ0) is 43.0. The second-order valence-electron chi connectivity index (χ2n) is 19.1. The fraction of sp³-hybridized carbons (Fsp3) is 0.444. The largest absolute Gasteiger partial charge is 0.309 e. The Bertz CT molecular complexity index is 1940. The summed E-state index contributed by atoms with van der Waals surface area (Å²) < 4.78 is 35.4. The van der Waals surface area contributed by atoms with Crippen LogP contribution in [-0.2, 0) is 9.13 Å². The molecule has 0 aliphatic rings. The van der Waals surface area contributed by atoms with Gasteiger partial charge < -0.3 is 9.13 Å². The van der Waals surface area contributed by atoms with Crippen molar-refractivity contribution >= 4 is 46.1 Å². The topological polar surface area (TPSA) is 34.1 Å². The predicted molar refractivity (Wildman–Crippen MR) is 258 cm³/mol. The lowest BCUT2D eigenvalue weighted by atomic mass is 9.95. The molecule has 0 N–H and O–H groups in total. The Kier molecular flexibility index (Phi) is 14.2. The quantitative estimate of drug-likeness (QED) is 0.105. The van der Waals surface area contributed by atoms with Gasteiger partial charge in [-0.25, -0.2) is 0 Å². The Labute approximate surface area is 353 Å². The van der Waals surface area contributed by atoms with Gasteiger partial charge in [0.2, 0.25) is 0 Å². The second-order valence-corrected chi connectivity index (χ2v) is 24.4. The lowest BCUT2D eigenvalue weighted by molar-refractivity contribution is 0.591. The van der Waals surface area contributed by atoms with Crippen LogP contribution >= 0.6 is 14.3 Å². The van der Waals surface area contributed by atoms with Gasteiger partial charge in [0.1, 0.15) is 0 Å². The average Bonchev–Trinajstić information content (AvgIpc) is 3.18. The SMILES string of the molecule is CC(C)c1cccc(C(C)C)c1P(=O)(c1cccc(P(=O)(c2c(C(C)C)cccc2C(C)C)c2c(C(C)C)cccc2C(C)C)c1)c1c(C(C)C)cccc1C(C)C. The third-order valence-corrected chi connectivity index (χ3v) is 18.8. The fourth-order valence-electron chi connectivity index (χ4n) is 9.13. The molecule has 0 atom stereocenters. The Hall–Kier alpha value is -3.44. The maximum atomic E-state index is 17.7. The van der Waals surface area contributed by atoms with Crippen LogP contribution in [0.25, 0.3) is 0 Å². The molecule has 0 aromatic heterocycles. The van der Waals surface area contributed by atoms with E-state index in [2.05, 4.69) is 208 Å². The van der Waals surface area contributed by atoms with Crippen LogP contribution in [0.3, 0.4) is 0 Å². The highest BCUT2D eigenvalue weighted by molar-refractivity contribution is 7.87. The summed E-state index contributed by atoms with van der Waals surface area (Å²) >= 11 is 0. The molecule has 0 bridgehead atoms. The molecule has 58 heavy (non-hydrogen) atoms. The minimum Gasteiger partial charge on any atom is -0.309 e. The molecule has 0 saturated carbocycles. The van der Waals surface area contributed by atoms with Crippen molar-refractivity contribution in [3.63, 3.8) is 0 Å². The van der Waals surface area contributed by atoms with Gasteiger partial charge in [-0.05, 0) is 97.9 Å². The van der Waals surface area contributed by atoms with E-state index >= 15 is 9.13 Å². The lowest BCUT2D eigenvalue weighted by Gasteiger charge is -2.34. The minimum atomic E-state index is -3.67. The third kappa shape index (κ3) is 8.20. The number of benzene rings is 5. The maximum Gasteiger partial charge on any atom is 0.172 e. The van der Waals surface area contributed by atoms with E-state index in [1.165, 1.54) is 0 Å². The molecule has 310 valence electrons. The lowest BCUT2D eigenvalue weighted by Crippen LogP contribution is -2.38. The first kappa shape index (κ1) is 45.6. The highest BCUT2D eigenvalue weighted by Crippen LogP contribution is 2.53. The molecule has 0 heterocycles. The summed E-state index contributed by atoms with van der Waals surface area (Å²) in [5.41, 5.74) is 8.97. The van der Waals surface area contributed by atoms with E-state index in [4.69, 9.17) is 0 Å². The van der Waals surface area contributed by atoms with Crippen LogP contribution in [-0.4, -0.2) is 0 Å². The molecule has 0 unspecified atom stereocenters. The van der Waals surface area contributed by atoms with Gasteiger partial charge in [0.25, 0.3) is 0 Å². The predicted octanol–water partition coefficient (Wildman–Crippen LogP) is 14.0. The van der Waals surface area contributed by atoms with E-state index in [1.807, 2.05) is 0 Å². The molecular weight excluding hydrogens is 743 g/mol. The van der Waals surface area contributed by atoms with E-state index < -0.39 is 14.3 Å². The zero-order valence-electron chi connectivity index (χ0n) is 38.6. The fourth-order valence-corrected chi connectivity index (χ4v) is 17.5. The smallest absolute Gasteiger partial charge is 0.172 e. The second kappa shape index (κ2) is 18.0. The van der Waals surface area contributed by atoms with Crippen molar-refractivity contribution in [1.29, 1.82) is 0 Å². The summed E-state index contributed by atoms with van der Waals surface area (Å²) in [5, 5.41) is 5.35. The summed E-state index contributed by atoms with van der Waals surface area (Å²) in [5.74, 6) is 1.13. The summed E-state index contributed by atoms with van der Waals surface area (Å²) in [6.45, 7) is 35.6. The minimum absolute atomic E-state index is 0.142. The average molecular weight is 815 g/mol. The highest BCUT2D eigenvalue weighted by atomic mass is 31.2. The third-order valence-electron chi connectivity index (χ3n) is 12.2. The molecule has 0 radical (unpaired) electrons. The summed E-state index contributed by atoms with van der Waals surface area (Å²) in [6.07, 6.45) is 0. The van der Waals surface area contributed by atoms with Crippen molar-refractivity contribution in [2.75, 3.05) is 0 Å². The van der Waals surface area contributed by atoms with Crippen molar-refractivity contribution < 1.29 is 9.13 Å². The monoisotopic (exact) mass is 815 g/mol. The van der Waals surface area contributed by atoms with Gasteiger partial charge in [-0.15, -0.1) is 0 Å². The van der Waals surface area contributed by atoms with Crippen LogP contribution in [0, 0.1) is 0 Å². The van der Waals surface area contributed by atoms with Crippen LogP contribution in [0.5, 0.6) is 0 Å². The molecule has 4 heteroatoms. The van der Waals surface area contributed by atoms with E-state index in [1.54, 1.807) is 0 Å². The van der Waals surface area contributed by atoms with Gasteiger partial charge in [0.15, 0.2) is 14.3 Å². The Morgan fingerprint density at radius 1 is 0.276 bits per heavy atom. The molecule has 0 amide bonds. The summed E-state index contributed by atoms with van der Waals surface area (Å²) in [4.78, 5) is 0. The molecule has 0 saturated heterocycles. The van der Waals surface area contributed by atoms with Crippen LogP contribution in [0.15, 0.2) is 97.1 Å². The van der Waals surface area contributed by atoms with Crippen LogP contribution < -0.4 is 31.8 Å². The van der Waals surface area contributed by atoms with Gasteiger partial charge >= 0.3 is 0 Å². The van der Waals surface area contributed by atoms with E-state index in [9.17, 15) is 0 Å². The standard InChI is InChI=1S/C54H72O2P2/c1-33(2)43-24-18-25-44(34(3)4)51(43)57(55,52-45(35(5)6)26-19-27-46(52)36(7)8)41-22-17-23-42(32-41)58(56,53-47(37(9)10)28-20-29-48(53)38(11)12)54-49(39(13)14)30-21-31-50(54)40(15)16/h17-40H,1-16H3. The van der Waals surface area contributed by atoms with Crippen LogP contribution in [0.1, 0.15) is 203 Å². The first-order valence-electron chi connectivity index (χ1n) is 22.1. The molecule has 0 fully saturated rings. The molecule has 0 aliphatic carbocycles. The molecule has 2 nitrogen and oxygen atoms in total. The van der Waals surface area contributed by atoms with E-state index in [-0.39, 0.29) is 47.3 Å². The molecule has 0 aliphatic heterocycles. The van der Waals surface area contributed by atoms with Crippen LogP contribution in [0.4, 0.5) is 0 Å². The summed E-state index contributed by atoms with van der Waals surface area (Å²) in [7, 11) is -7.33. The Morgan fingerprint density at radius 2 is 0.431 bits per heavy atom. The van der Waals surface area contributed by atoms with E-state index in [0.717, 1.165) is 76.3 Å². The molecule has 5 aromatic rings. The molecular formula is C54H72O2P2. The van der Waals surface area contributed by atoms with Gasteiger partial charge in [-0.1, -0.05) is 202 Å². The van der Waals surface area contributed by atoms with Crippen molar-refractivity contribution in [1.82, 2.24) is 0 Å². The molecule has 5 aromatic carbocycles. The Balaban J connectivity index is 2.12. The van der Waals surface area contributed by atoms with Gasteiger partial charge in [0, 0.05) is 31.8 Å². The number of hydrogen-bond acceptors (Lipinski definition) is 2. The number of hydrogen-bond donors (Lipinski definition) is 0. The maximum absolute atomic E-state index is 17.7. The van der Waals surface area contributed by atoms with Crippen molar-refractivity contribution in [3.8, 4) is 0 Å². The first-order valence-corrected chi connectivity index (χ1v) is 25.5. The summed E-state index contributed by atoms with van der Waals surface area (Å²) in [6, 6.07) is 34.5. The molecule has 0 spiro atoms. The van der Waals surface area contributed by atoms with Gasteiger partial charge in [0.05, 0.1) is 0 Å². The van der Waals surface area contributed by atoms with Gasteiger partial charge in [-0.2, -0.15) is 0 Å². The molecule has 5 rings (SSSR count). The van der Waals surface area contributed by atoms with Crippen molar-refractivity contribution in [2.45, 2.75) is 158 Å². The van der Waals surface area contributed by atoms with E-state index in [0.29, 0.717) is 0 Å².